The summed E-state index contributed by atoms with van der Waals surface area (Å²) in [5.41, 5.74) is 0.807. The summed E-state index contributed by atoms with van der Waals surface area (Å²) in [6.45, 7) is 1.90. The lowest BCUT2D eigenvalue weighted by atomic mass is 10.0. The average Bonchev–Trinajstić information content (AvgIpc) is 3.28. The molecule has 1 aliphatic rings. The zero-order valence-corrected chi connectivity index (χ0v) is 14.4. The van der Waals surface area contributed by atoms with Gasteiger partial charge in [-0.1, -0.05) is 35.5 Å². The van der Waals surface area contributed by atoms with Crippen molar-refractivity contribution < 1.29 is 14.1 Å². The lowest BCUT2D eigenvalue weighted by Crippen LogP contribution is -2.41. The molecule has 1 saturated carbocycles. The van der Waals surface area contributed by atoms with Crippen LogP contribution in [0.5, 0.6) is 0 Å². The Hall–Kier alpha value is -2.67. The van der Waals surface area contributed by atoms with Gasteiger partial charge in [-0.2, -0.15) is 0 Å². The summed E-state index contributed by atoms with van der Waals surface area (Å²) >= 11 is 0. The highest BCUT2D eigenvalue weighted by Gasteiger charge is 2.29. The summed E-state index contributed by atoms with van der Waals surface area (Å²) in [4.78, 5) is 26.7. The van der Waals surface area contributed by atoms with Crippen LogP contribution in [0.25, 0.3) is 0 Å². The van der Waals surface area contributed by atoms with Gasteiger partial charge in [-0.05, 0) is 32.4 Å². The van der Waals surface area contributed by atoms with Crippen molar-refractivity contribution in [3.8, 4) is 0 Å². The SMILES string of the molecule is Cc1cc(NC(=O)C(c2ccccc2)N(C)CC(=O)NC2CC2)no1. The zero-order valence-electron chi connectivity index (χ0n) is 14.4. The van der Waals surface area contributed by atoms with Crippen molar-refractivity contribution >= 4 is 17.6 Å². The van der Waals surface area contributed by atoms with E-state index in [9.17, 15) is 9.59 Å². The molecule has 0 bridgehead atoms. The van der Waals surface area contributed by atoms with Crippen LogP contribution in [0.3, 0.4) is 0 Å². The summed E-state index contributed by atoms with van der Waals surface area (Å²) in [5.74, 6) is 0.639. The van der Waals surface area contributed by atoms with Gasteiger partial charge in [-0.3, -0.25) is 14.5 Å². The second-order valence-corrected chi connectivity index (χ2v) is 6.38. The number of amides is 2. The molecular weight excluding hydrogens is 320 g/mol. The molecule has 1 aromatic heterocycles. The molecule has 1 fully saturated rings. The summed E-state index contributed by atoms with van der Waals surface area (Å²) in [7, 11) is 1.76. The van der Waals surface area contributed by atoms with Crippen LogP contribution in [0.4, 0.5) is 5.82 Å². The molecule has 1 aliphatic carbocycles. The number of carbonyl (C=O) groups is 2. The molecule has 1 unspecified atom stereocenters. The number of aromatic nitrogens is 1. The molecule has 132 valence electrons. The molecule has 1 heterocycles. The van der Waals surface area contributed by atoms with Gasteiger partial charge in [0.05, 0.1) is 6.54 Å². The second-order valence-electron chi connectivity index (χ2n) is 6.38. The number of carbonyl (C=O) groups excluding carboxylic acids is 2. The van der Waals surface area contributed by atoms with Gasteiger partial charge < -0.3 is 15.2 Å². The summed E-state index contributed by atoms with van der Waals surface area (Å²) in [6.07, 6.45) is 2.06. The van der Waals surface area contributed by atoms with E-state index >= 15 is 0 Å². The van der Waals surface area contributed by atoms with Crippen LogP contribution >= 0.6 is 0 Å². The highest BCUT2D eigenvalue weighted by molar-refractivity contribution is 5.95. The summed E-state index contributed by atoms with van der Waals surface area (Å²) in [6, 6.07) is 10.7. The van der Waals surface area contributed by atoms with E-state index in [1.807, 2.05) is 30.3 Å². The second kappa shape index (κ2) is 7.48. The molecule has 2 amide bonds. The number of aryl methyl sites for hydroxylation is 1. The fourth-order valence-electron chi connectivity index (χ4n) is 2.68. The predicted molar refractivity (Wildman–Crippen MR) is 92.8 cm³/mol. The number of nitrogens with one attached hydrogen (secondary N) is 2. The van der Waals surface area contributed by atoms with Gasteiger partial charge in [0.1, 0.15) is 11.8 Å². The molecule has 25 heavy (non-hydrogen) atoms. The molecule has 7 nitrogen and oxygen atoms in total. The molecule has 2 N–H and O–H groups in total. The molecule has 7 heteroatoms. The Morgan fingerprint density at radius 3 is 2.64 bits per heavy atom. The third kappa shape index (κ3) is 4.67. The Bertz CT molecular complexity index is 740. The number of benzene rings is 1. The molecular formula is C18H22N4O3. The Labute approximate surface area is 146 Å². The van der Waals surface area contributed by atoms with E-state index in [4.69, 9.17) is 4.52 Å². The minimum Gasteiger partial charge on any atom is -0.360 e. The number of nitrogens with zero attached hydrogens (tertiary/aromatic N) is 2. The molecule has 0 saturated heterocycles. The minimum absolute atomic E-state index is 0.0731. The Morgan fingerprint density at radius 2 is 2.04 bits per heavy atom. The van der Waals surface area contributed by atoms with Crippen LogP contribution in [0.15, 0.2) is 40.9 Å². The highest BCUT2D eigenvalue weighted by atomic mass is 16.5. The van der Waals surface area contributed by atoms with Gasteiger partial charge in [0.2, 0.25) is 11.8 Å². The van der Waals surface area contributed by atoms with Gasteiger partial charge in [-0.25, -0.2) is 0 Å². The number of hydrogen-bond acceptors (Lipinski definition) is 5. The predicted octanol–water partition coefficient (Wildman–Crippen LogP) is 1.87. The molecule has 1 aromatic carbocycles. The van der Waals surface area contributed by atoms with E-state index in [2.05, 4.69) is 15.8 Å². The first-order valence-electron chi connectivity index (χ1n) is 8.31. The van der Waals surface area contributed by atoms with Crippen LogP contribution in [0, 0.1) is 6.92 Å². The van der Waals surface area contributed by atoms with Gasteiger partial charge in [0.15, 0.2) is 5.82 Å². The smallest absolute Gasteiger partial charge is 0.247 e. The van der Waals surface area contributed by atoms with Crippen molar-refractivity contribution in [1.29, 1.82) is 0 Å². The van der Waals surface area contributed by atoms with E-state index in [1.54, 1.807) is 24.9 Å². The Morgan fingerprint density at radius 1 is 1.32 bits per heavy atom. The number of likely N-dealkylation sites (N-methyl/N-ethyl adjacent to an activating group) is 1. The molecule has 0 aliphatic heterocycles. The maximum absolute atomic E-state index is 12.8. The van der Waals surface area contributed by atoms with Crippen LogP contribution in [-0.2, 0) is 9.59 Å². The highest BCUT2D eigenvalue weighted by Crippen LogP contribution is 2.22. The van der Waals surface area contributed by atoms with Crippen molar-refractivity contribution in [3.05, 3.63) is 47.7 Å². The third-order valence-electron chi connectivity index (χ3n) is 4.02. The van der Waals surface area contributed by atoms with Crippen LogP contribution in [0.1, 0.15) is 30.2 Å². The van der Waals surface area contributed by atoms with Gasteiger partial charge in [-0.15, -0.1) is 0 Å². The van der Waals surface area contributed by atoms with Crippen LogP contribution in [0.2, 0.25) is 0 Å². The van der Waals surface area contributed by atoms with Crippen LogP contribution < -0.4 is 10.6 Å². The Balaban J connectivity index is 1.74. The number of anilines is 1. The largest absolute Gasteiger partial charge is 0.360 e. The number of rotatable bonds is 7. The lowest BCUT2D eigenvalue weighted by Gasteiger charge is -2.26. The molecule has 1 atom stereocenters. The first-order valence-corrected chi connectivity index (χ1v) is 8.31. The number of hydrogen-bond donors (Lipinski definition) is 2. The van der Waals surface area contributed by atoms with Crippen LogP contribution in [-0.4, -0.2) is 41.5 Å². The molecule has 0 radical (unpaired) electrons. The fourth-order valence-corrected chi connectivity index (χ4v) is 2.68. The quantitative estimate of drug-likeness (QED) is 0.802. The summed E-state index contributed by atoms with van der Waals surface area (Å²) in [5, 5.41) is 9.49. The van der Waals surface area contributed by atoms with Crippen molar-refractivity contribution in [2.24, 2.45) is 0 Å². The lowest BCUT2D eigenvalue weighted by molar-refractivity contribution is -0.125. The van der Waals surface area contributed by atoms with E-state index in [0.717, 1.165) is 18.4 Å². The monoisotopic (exact) mass is 342 g/mol. The standard InChI is InChI=1S/C18H22N4O3/c1-12-10-15(21-25-12)20-18(24)17(13-6-4-3-5-7-13)22(2)11-16(23)19-14-8-9-14/h3-7,10,14,17H,8-9,11H2,1-2H3,(H,19,23)(H,20,21,24). The first-order chi connectivity index (χ1) is 12.0. The third-order valence-corrected chi connectivity index (χ3v) is 4.02. The van der Waals surface area contributed by atoms with E-state index in [1.165, 1.54) is 0 Å². The van der Waals surface area contributed by atoms with E-state index < -0.39 is 6.04 Å². The molecule has 0 spiro atoms. The van der Waals surface area contributed by atoms with Gasteiger partial charge >= 0.3 is 0 Å². The Kier molecular flexibility index (Phi) is 5.14. The fraction of sp³-hybridized carbons (Fsp3) is 0.389. The maximum atomic E-state index is 12.8. The first kappa shape index (κ1) is 17.2. The normalized spacial score (nSPS) is 15.0. The molecule has 3 rings (SSSR count). The van der Waals surface area contributed by atoms with E-state index in [0.29, 0.717) is 17.6 Å². The van der Waals surface area contributed by atoms with Crippen molar-refractivity contribution in [1.82, 2.24) is 15.4 Å². The van der Waals surface area contributed by atoms with E-state index in [-0.39, 0.29) is 18.4 Å². The van der Waals surface area contributed by atoms with Crippen molar-refractivity contribution in [2.45, 2.75) is 31.8 Å². The minimum atomic E-state index is -0.608. The van der Waals surface area contributed by atoms with Crippen molar-refractivity contribution in [3.63, 3.8) is 0 Å². The van der Waals surface area contributed by atoms with Crippen molar-refractivity contribution in [2.75, 3.05) is 18.9 Å². The molecule has 2 aromatic rings. The topological polar surface area (TPSA) is 87.5 Å². The summed E-state index contributed by atoms with van der Waals surface area (Å²) < 4.78 is 4.98. The maximum Gasteiger partial charge on any atom is 0.247 e. The van der Waals surface area contributed by atoms with Gasteiger partial charge in [0, 0.05) is 12.1 Å². The zero-order chi connectivity index (χ0) is 17.8. The average molecular weight is 342 g/mol. The van der Waals surface area contributed by atoms with Gasteiger partial charge in [0.25, 0.3) is 0 Å².